The van der Waals surface area contributed by atoms with Gasteiger partial charge in [-0.3, -0.25) is 14.6 Å². The molecule has 9 nitrogen and oxygen atoms in total. The van der Waals surface area contributed by atoms with Crippen molar-refractivity contribution < 1.29 is 23.9 Å². The van der Waals surface area contributed by atoms with Crippen molar-refractivity contribution >= 4 is 34.3 Å². The average Bonchev–Trinajstić information content (AvgIpc) is 3.12. The minimum absolute atomic E-state index is 0.00535. The van der Waals surface area contributed by atoms with E-state index in [9.17, 15) is 19.6 Å². The van der Waals surface area contributed by atoms with Crippen molar-refractivity contribution in [1.29, 1.82) is 5.26 Å². The van der Waals surface area contributed by atoms with E-state index in [4.69, 9.17) is 9.47 Å². The number of nitrogens with zero attached hydrogens (tertiary/aromatic N) is 3. The second-order valence-corrected chi connectivity index (χ2v) is 8.49. The van der Waals surface area contributed by atoms with Crippen LogP contribution >= 0.6 is 11.3 Å². The third-order valence-electron chi connectivity index (χ3n) is 5.04. The number of hydrogen-bond acceptors (Lipinski definition) is 8. The van der Waals surface area contributed by atoms with Crippen molar-refractivity contribution in [1.82, 2.24) is 9.88 Å². The Morgan fingerprint density at radius 1 is 1.34 bits per heavy atom. The summed E-state index contributed by atoms with van der Waals surface area (Å²) < 4.78 is 9.88. The SMILES string of the molecule is CC(=O)OCCOC(=O)N1CCc2c(sc(NC(=O)C[C@H](C)c3cccnc3)c2C#N)C1. The number of anilines is 1. The highest BCUT2D eigenvalue weighted by Crippen LogP contribution is 2.37. The van der Waals surface area contributed by atoms with Crippen LogP contribution < -0.4 is 5.32 Å². The number of thiophene rings is 1. The smallest absolute Gasteiger partial charge is 0.410 e. The molecule has 1 aliphatic heterocycles. The van der Waals surface area contributed by atoms with E-state index in [1.165, 1.54) is 23.2 Å². The first kappa shape index (κ1) is 23.2. The van der Waals surface area contributed by atoms with Crippen LogP contribution in [0.1, 0.15) is 47.8 Å². The van der Waals surface area contributed by atoms with E-state index in [1.807, 2.05) is 19.1 Å². The third-order valence-corrected chi connectivity index (χ3v) is 6.17. The van der Waals surface area contributed by atoms with Crippen molar-refractivity contribution in [2.75, 3.05) is 25.1 Å². The summed E-state index contributed by atoms with van der Waals surface area (Å²) in [6.45, 7) is 3.91. The molecule has 0 bridgehead atoms. The monoisotopic (exact) mass is 456 g/mol. The van der Waals surface area contributed by atoms with Crippen LogP contribution in [0.5, 0.6) is 0 Å². The Labute approximate surface area is 190 Å². The van der Waals surface area contributed by atoms with E-state index >= 15 is 0 Å². The van der Waals surface area contributed by atoms with Gasteiger partial charge in [0.2, 0.25) is 5.91 Å². The first-order valence-electron chi connectivity index (χ1n) is 10.2. The predicted octanol–water partition coefficient (Wildman–Crippen LogP) is 3.20. The Bertz CT molecular complexity index is 1030. The molecule has 0 spiro atoms. The topological polar surface area (TPSA) is 122 Å². The maximum Gasteiger partial charge on any atom is 0.410 e. The number of fused-ring (bicyclic) bond motifs is 1. The van der Waals surface area contributed by atoms with Crippen LogP contribution in [0, 0.1) is 11.3 Å². The Kier molecular flexibility index (Phi) is 7.78. The second-order valence-electron chi connectivity index (χ2n) is 7.39. The van der Waals surface area contributed by atoms with Gasteiger partial charge in [0.05, 0.1) is 12.1 Å². The highest BCUT2D eigenvalue weighted by Gasteiger charge is 2.28. The molecule has 3 rings (SSSR count). The number of esters is 1. The van der Waals surface area contributed by atoms with Crippen LogP contribution in [0.4, 0.5) is 9.80 Å². The van der Waals surface area contributed by atoms with Gasteiger partial charge >= 0.3 is 12.1 Å². The Hall–Kier alpha value is -3.45. The van der Waals surface area contributed by atoms with Gasteiger partial charge in [0.1, 0.15) is 24.3 Å². The van der Waals surface area contributed by atoms with Gasteiger partial charge in [-0.15, -0.1) is 11.3 Å². The average molecular weight is 457 g/mol. The van der Waals surface area contributed by atoms with E-state index < -0.39 is 12.1 Å². The van der Waals surface area contributed by atoms with Crippen LogP contribution in [0.3, 0.4) is 0 Å². The number of pyridine rings is 1. The lowest BCUT2D eigenvalue weighted by Gasteiger charge is -2.26. The Morgan fingerprint density at radius 2 is 2.12 bits per heavy atom. The molecule has 0 saturated carbocycles. The van der Waals surface area contributed by atoms with E-state index in [-0.39, 0.29) is 31.5 Å². The van der Waals surface area contributed by atoms with E-state index in [0.29, 0.717) is 30.1 Å². The molecule has 0 radical (unpaired) electrons. The number of nitrogens with one attached hydrogen (secondary N) is 1. The summed E-state index contributed by atoms with van der Waals surface area (Å²) in [5, 5.41) is 13.0. The quantitative estimate of drug-likeness (QED) is 0.501. The van der Waals surface area contributed by atoms with Gasteiger partial charge in [0, 0.05) is 37.2 Å². The number of aromatic nitrogens is 1. The molecule has 0 aromatic carbocycles. The summed E-state index contributed by atoms with van der Waals surface area (Å²) in [5.41, 5.74) is 2.28. The van der Waals surface area contributed by atoms with Crippen molar-refractivity contribution in [2.24, 2.45) is 0 Å². The minimum atomic E-state index is -0.509. The predicted molar refractivity (Wildman–Crippen MR) is 117 cm³/mol. The normalized spacial score (nSPS) is 13.5. The van der Waals surface area contributed by atoms with Crippen LogP contribution in [-0.2, 0) is 32.0 Å². The first-order valence-corrected chi connectivity index (χ1v) is 11.0. The van der Waals surface area contributed by atoms with Crippen LogP contribution in [0.25, 0.3) is 0 Å². The molecule has 32 heavy (non-hydrogen) atoms. The van der Waals surface area contributed by atoms with Crippen molar-refractivity contribution in [2.45, 2.75) is 39.2 Å². The molecule has 3 heterocycles. The molecule has 1 N–H and O–H groups in total. The fourth-order valence-corrected chi connectivity index (χ4v) is 4.64. The van der Waals surface area contributed by atoms with Crippen molar-refractivity contribution in [3.63, 3.8) is 0 Å². The van der Waals surface area contributed by atoms with E-state index in [1.54, 1.807) is 12.4 Å². The number of rotatable bonds is 7. The zero-order chi connectivity index (χ0) is 23.1. The fraction of sp³-hybridized carbons (Fsp3) is 0.409. The summed E-state index contributed by atoms with van der Waals surface area (Å²) in [4.78, 5) is 42.1. The van der Waals surface area contributed by atoms with E-state index in [2.05, 4.69) is 16.4 Å². The summed E-state index contributed by atoms with van der Waals surface area (Å²) in [6, 6.07) is 5.95. The zero-order valence-corrected chi connectivity index (χ0v) is 18.7. The van der Waals surface area contributed by atoms with Gasteiger partial charge in [0.25, 0.3) is 0 Å². The molecule has 1 atom stereocenters. The lowest BCUT2D eigenvalue weighted by molar-refractivity contribution is -0.142. The number of ether oxygens (including phenoxy) is 2. The number of nitriles is 1. The van der Waals surface area contributed by atoms with Gasteiger partial charge in [0.15, 0.2) is 0 Å². The minimum Gasteiger partial charge on any atom is -0.462 e. The van der Waals surface area contributed by atoms with Crippen LogP contribution in [0.15, 0.2) is 24.5 Å². The number of carbonyl (C=O) groups is 3. The molecule has 0 saturated heterocycles. The molecule has 0 aliphatic carbocycles. The van der Waals surface area contributed by atoms with Crippen LogP contribution in [0.2, 0.25) is 0 Å². The van der Waals surface area contributed by atoms with Gasteiger partial charge in [-0.2, -0.15) is 5.26 Å². The molecule has 2 aromatic rings. The molecule has 168 valence electrons. The largest absolute Gasteiger partial charge is 0.462 e. The molecule has 2 aromatic heterocycles. The fourth-order valence-electron chi connectivity index (χ4n) is 3.41. The molecule has 1 aliphatic rings. The van der Waals surface area contributed by atoms with Crippen molar-refractivity contribution in [3.05, 3.63) is 46.1 Å². The molecular formula is C22H24N4O5S. The maximum atomic E-state index is 12.6. The number of carbonyl (C=O) groups excluding carboxylic acids is 3. The maximum absolute atomic E-state index is 12.6. The molecule has 0 fully saturated rings. The standard InChI is InChI=1S/C22H24N4O5S/c1-14(16-4-3-6-24-12-16)10-20(28)25-21-18(11-23)17-5-7-26(13-19(17)32-21)22(29)31-9-8-30-15(2)27/h3-4,6,12,14H,5,7-10,13H2,1-2H3,(H,25,28)/t14-/m0/s1. The molecule has 2 amide bonds. The van der Waals surface area contributed by atoms with Crippen LogP contribution in [-0.4, -0.2) is 47.6 Å². The third kappa shape index (κ3) is 5.82. The highest BCUT2D eigenvalue weighted by atomic mass is 32.1. The second kappa shape index (κ2) is 10.7. The summed E-state index contributed by atoms with van der Waals surface area (Å²) >= 11 is 1.31. The van der Waals surface area contributed by atoms with Gasteiger partial charge < -0.3 is 19.7 Å². The molecule has 0 unspecified atom stereocenters. The van der Waals surface area contributed by atoms with Gasteiger partial charge in [-0.05, 0) is 29.5 Å². The van der Waals surface area contributed by atoms with Gasteiger partial charge in [-0.1, -0.05) is 13.0 Å². The highest BCUT2D eigenvalue weighted by molar-refractivity contribution is 7.16. The Morgan fingerprint density at radius 3 is 2.81 bits per heavy atom. The van der Waals surface area contributed by atoms with Gasteiger partial charge in [-0.25, -0.2) is 4.79 Å². The lowest BCUT2D eigenvalue weighted by Crippen LogP contribution is -2.36. The summed E-state index contributed by atoms with van der Waals surface area (Å²) in [6.07, 6.45) is 3.67. The first-order chi connectivity index (χ1) is 15.4. The lowest BCUT2D eigenvalue weighted by atomic mass is 9.99. The summed E-state index contributed by atoms with van der Waals surface area (Å²) in [7, 11) is 0. The number of hydrogen-bond donors (Lipinski definition) is 1. The Balaban J connectivity index is 1.61. The molecular weight excluding hydrogens is 432 g/mol. The number of amides is 2. The summed E-state index contributed by atoms with van der Waals surface area (Å²) in [5.74, 6) is -0.630. The van der Waals surface area contributed by atoms with Crippen molar-refractivity contribution in [3.8, 4) is 6.07 Å². The zero-order valence-electron chi connectivity index (χ0n) is 17.9. The molecule has 10 heteroatoms. The van der Waals surface area contributed by atoms with E-state index in [0.717, 1.165) is 16.0 Å².